The number of piperidine rings is 1. The molecule has 11 heteroatoms. The van der Waals surface area contributed by atoms with Crippen molar-refractivity contribution in [2.24, 2.45) is 7.05 Å². The molecule has 1 amide bonds. The van der Waals surface area contributed by atoms with Crippen molar-refractivity contribution in [3.8, 4) is 0 Å². The van der Waals surface area contributed by atoms with Crippen LogP contribution < -0.4 is 10.6 Å². The predicted octanol–water partition coefficient (Wildman–Crippen LogP) is 2.03. The molecule has 0 saturated carbocycles. The molecular weight excluding hydrogens is 439 g/mol. The minimum Gasteiger partial charge on any atom is -0.355 e. The summed E-state index contributed by atoms with van der Waals surface area (Å²) in [5.41, 5.74) is 2.80. The van der Waals surface area contributed by atoms with Crippen LogP contribution in [0.15, 0.2) is 35.4 Å². The van der Waals surface area contributed by atoms with Gasteiger partial charge >= 0.3 is 5.69 Å². The van der Waals surface area contributed by atoms with E-state index in [0.29, 0.717) is 43.0 Å². The van der Waals surface area contributed by atoms with E-state index >= 15 is 0 Å². The van der Waals surface area contributed by atoms with Gasteiger partial charge in [0.15, 0.2) is 17.0 Å². The van der Waals surface area contributed by atoms with Crippen molar-refractivity contribution < 1.29 is 9.18 Å². The van der Waals surface area contributed by atoms with E-state index in [4.69, 9.17) is 0 Å². The number of H-pyrrole nitrogens is 1. The molecule has 176 valence electrons. The van der Waals surface area contributed by atoms with Gasteiger partial charge in [0.05, 0.1) is 17.6 Å². The van der Waals surface area contributed by atoms with Gasteiger partial charge in [0, 0.05) is 32.7 Å². The minimum atomic E-state index is -0.986. The summed E-state index contributed by atoms with van der Waals surface area (Å²) in [4.78, 5) is 45.6. The molecule has 1 N–H and O–H groups in total. The number of para-hydroxylation sites is 2. The number of alkyl halides is 1. The number of likely N-dealkylation sites (tertiary alicyclic amines) is 1. The fourth-order valence-corrected chi connectivity index (χ4v) is 5.23. The molecule has 1 aromatic carbocycles. The number of nitrogens with zero attached hydrogens (tertiary/aromatic N) is 7. The van der Waals surface area contributed by atoms with Gasteiger partial charge in [0.25, 0.3) is 5.91 Å². The topological polar surface area (TPSA) is 105 Å². The minimum absolute atomic E-state index is 0.0851. The Balaban J connectivity index is 1.27. The predicted molar refractivity (Wildman–Crippen MR) is 125 cm³/mol. The van der Waals surface area contributed by atoms with Crippen LogP contribution in [0, 0.1) is 0 Å². The molecule has 6 rings (SSSR count). The van der Waals surface area contributed by atoms with Crippen molar-refractivity contribution in [2.45, 2.75) is 31.5 Å². The van der Waals surface area contributed by atoms with Crippen LogP contribution >= 0.6 is 0 Å². The van der Waals surface area contributed by atoms with Crippen molar-refractivity contribution in [3.05, 3.63) is 46.9 Å². The second-order valence-corrected chi connectivity index (χ2v) is 9.04. The summed E-state index contributed by atoms with van der Waals surface area (Å²) in [6, 6.07) is 7.81. The Kier molecular flexibility index (Phi) is 4.85. The summed E-state index contributed by atoms with van der Waals surface area (Å²) >= 11 is 0. The Bertz CT molecular complexity index is 1450. The van der Waals surface area contributed by atoms with Crippen molar-refractivity contribution >= 4 is 33.9 Å². The lowest BCUT2D eigenvalue weighted by molar-refractivity contribution is 0.0767. The van der Waals surface area contributed by atoms with Crippen LogP contribution in [0.4, 0.5) is 10.2 Å². The Labute approximate surface area is 194 Å². The number of benzene rings is 1. The third kappa shape index (κ3) is 3.25. The summed E-state index contributed by atoms with van der Waals surface area (Å²) in [5.74, 6) is 0.629. The molecule has 0 unspecified atom stereocenters. The van der Waals surface area contributed by atoms with Crippen LogP contribution in [0.1, 0.15) is 35.9 Å². The van der Waals surface area contributed by atoms with Crippen LogP contribution in [0.25, 0.3) is 22.2 Å². The first kappa shape index (κ1) is 20.8. The second-order valence-electron chi connectivity index (χ2n) is 9.04. The lowest BCUT2D eigenvalue weighted by Crippen LogP contribution is -2.37. The number of aromatic amines is 1. The molecule has 34 heavy (non-hydrogen) atoms. The first-order valence-corrected chi connectivity index (χ1v) is 11.6. The zero-order valence-electron chi connectivity index (χ0n) is 18.8. The number of nitrogens with one attached hydrogen (secondary N) is 1. The largest absolute Gasteiger partial charge is 0.355 e. The lowest BCUT2D eigenvalue weighted by Gasteiger charge is -2.33. The third-order valence-corrected chi connectivity index (χ3v) is 7.00. The van der Waals surface area contributed by atoms with Gasteiger partial charge in [-0.1, -0.05) is 12.1 Å². The number of hydrogen-bond donors (Lipinski definition) is 1. The summed E-state index contributed by atoms with van der Waals surface area (Å²) in [5, 5.41) is 0. The number of hydrogen-bond acceptors (Lipinski definition) is 6. The maximum Gasteiger partial charge on any atom is 0.326 e. The van der Waals surface area contributed by atoms with Crippen molar-refractivity contribution in [2.75, 3.05) is 31.1 Å². The van der Waals surface area contributed by atoms with Crippen LogP contribution in [0.2, 0.25) is 0 Å². The average molecular weight is 465 g/mol. The van der Waals surface area contributed by atoms with Gasteiger partial charge in [-0.25, -0.2) is 24.1 Å². The van der Waals surface area contributed by atoms with Crippen molar-refractivity contribution in [3.63, 3.8) is 0 Å². The molecule has 3 aromatic heterocycles. The molecule has 4 aromatic rings. The van der Waals surface area contributed by atoms with Gasteiger partial charge < -0.3 is 19.4 Å². The molecular formula is C23H25FN8O2. The highest BCUT2D eigenvalue weighted by atomic mass is 19.1. The molecule has 0 spiro atoms. The van der Waals surface area contributed by atoms with Crippen LogP contribution in [-0.4, -0.2) is 72.2 Å². The normalized spacial score (nSPS) is 19.5. The zero-order valence-corrected chi connectivity index (χ0v) is 18.8. The molecule has 5 heterocycles. The molecule has 0 radical (unpaired) electrons. The van der Waals surface area contributed by atoms with Crippen LogP contribution in [0.5, 0.6) is 0 Å². The summed E-state index contributed by atoms with van der Waals surface area (Å²) in [6.07, 6.45) is 2.40. The van der Waals surface area contributed by atoms with Gasteiger partial charge in [0.2, 0.25) is 5.82 Å². The Hall–Kier alpha value is -3.76. The maximum atomic E-state index is 13.6. The smallest absolute Gasteiger partial charge is 0.326 e. The van der Waals surface area contributed by atoms with Crippen molar-refractivity contribution in [1.29, 1.82) is 0 Å². The summed E-state index contributed by atoms with van der Waals surface area (Å²) in [6.45, 7) is 1.88. The monoisotopic (exact) mass is 464 g/mol. The highest BCUT2D eigenvalue weighted by molar-refractivity contribution is 5.96. The summed E-state index contributed by atoms with van der Waals surface area (Å²) in [7, 11) is 1.75. The number of aromatic nitrogens is 6. The molecule has 2 aliphatic rings. The number of carbonyl (C=O) groups excluding carboxylic acids is 1. The number of aryl methyl sites for hydroxylation is 1. The van der Waals surface area contributed by atoms with E-state index in [1.807, 2.05) is 28.8 Å². The molecule has 10 nitrogen and oxygen atoms in total. The van der Waals surface area contributed by atoms with Gasteiger partial charge in [-0.3, -0.25) is 9.36 Å². The van der Waals surface area contributed by atoms with Gasteiger partial charge in [-0.05, 0) is 31.4 Å². The standard InChI is InChI=1S/C23H25FN8O2/c1-29-19-18(28-21(29)22(33)31-9-6-14(24)12-31)20(26-13-25-19)30-10-7-15(8-11-30)32-17-5-3-2-4-16(17)27-23(32)34/h2-5,13-15H,6-12H2,1H3,(H,27,34)/t14-/m1/s1. The Morgan fingerprint density at radius 1 is 1.12 bits per heavy atom. The average Bonchev–Trinajstić information content (AvgIpc) is 3.53. The SMILES string of the molecule is Cn1c(C(=O)N2CC[C@@H](F)C2)nc2c(N3CCC(n4c(=O)[nH]c5ccccc54)CC3)ncnc21. The number of rotatable bonds is 3. The highest BCUT2D eigenvalue weighted by Gasteiger charge is 2.31. The Morgan fingerprint density at radius 2 is 1.91 bits per heavy atom. The lowest BCUT2D eigenvalue weighted by atomic mass is 10.0. The van der Waals surface area contributed by atoms with Gasteiger partial charge in [0.1, 0.15) is 12.5 Å². The molecule has 0 bridgehead atoms. The van der Waals surface area contributed by atoms with Crippen LogP contribution in [0.3, 0.4) is 0 Å². The Morgan fingerprint density at radius 3 is 2.68 bits per heavy atom. The number of anilines is 1. The van der Waals surface area contributed by atoms with E-state index in [1.165, 1.54) is 11.2 Å². The molecule has 2 aliphatic heterocycles. The number of amides is 1. The molecule has 0 aliphatic carbocycles. The zero-order chi connectivity index (χ0) is 23.4. The number of imidazole rings is 2. The van der Waals surface area contributed by atoms with Gasteiger partial charge in [-0.15, -0.1) is 0 Å². The highest BCUT2D eigenvalue weighted by Crippen LogP contribution is 2.30. The van der Waals surface area contributed by atoms with Crippen LogP contribution in [-0.2, 0) is 7.05 Å². The number of carbonyl (C=O) groups is 1. The fraction of sp³-hybridized carbons (Fsp3) is 0.435. The molecule has 2 saturated heterocycles. The second kappa shape index (κ2) is 7.93. The molecule has 1 atom stereocenters. The third-order valence-electron chi connectivity index (χ3n) is 7.00. The van der Waals surface area contributed by atoms with E-state index in [1.54, 1.807) is 11.6 Å². The maximum absolute atomic E-state index is 13.6. The van der Waals surface area contributed by atoms with E-state index < -0.39 is 6.17 Å². The van der Waals surface area contributed by atoms with E-state index in [2.05, 4.69) is 24.8 Å². The van der Waals surface area contributed by atoms with Crippen molar-refractivity contribution in [1.82, 2.24) is 34.0 Å². The first-order chi connectivity index (χ1) is 16.5. The first-order valence-electron chi connectivity index (χ1n) is 11.6. The van der Waals surface area contributed by atoms with E-state index in [-0.39, 0.29) is 30.0 Å². The fourth-order valence-electron chi connectivity index (χ4n) is 5.23. The van der Waals surface area contributed by atoms with Gasteiger partial charge in [-0.2, -0.15) is 0 Å². The quantitative estimate of drug-likeness (QED) is 0.498. The van der Waals surface area contributed by atoms with E-state index in [0.717, 1.165) is 23.9 Å². The number of halogens is 1. The van der Waals surface area contributed by atoms with E-state index in [9.17, 15) is 14.0 Å². The number of fused-ring (bicyclic) bond motifs is 2. The molecule has 2 fully saturated rings. The summed E-state index contributed by atoms with van der Waals surface area (Å²) < 4.78 is 17.1.